The molecule has 2 rings (SSSR count). The highest BCUT2D eigenvalue weighted by Gasteiger charge is 2.13. The number of hydrogen-bond acceptors (Lipinski definition) is 5. The Bertz CT molecular complexity index is 506. The molecule has 0 spiro atoms. The number of rotatable bonds is 5. The molecular formula is C12H10N2O3. The van der Waals surface area contributed by atoms with Crippen LogP contribution in [0.15, 0.2) is 41.3 Å². The Morgan fingerprint density at radius 2 is 1.76 bits per heavy atom. The number of nitrogens with zero attached hydrogens (tertiary/aromatic N) is 2. The van der Waals surface area contributed by atoms with Gasteiger partial charge in [0, 0.05) is 25.2 Å². The van der Waals surface area contributed by atoms with E-state index in [0.29, 0.717) is 0 Å². The molecule has 0 aliphatic heterocycles. The van der Waals surface area contributed by atoms with Gasteiger partial charge in [-0.3, -0.25) is 9.59 Å². The van der Waals surface area contributed by atoms with E-state index in [1.54, 1.807) is 18.2 Å². The Kier molecular flexibility index (Phi) is 3.40. The van der Waals surface area contributed by atoms with Crippen LogP contribution in [0.25, 0.3) is 0 Å². The summed E-state index contributed by atoms with van der Waals surface area (Å²) in [7, 11) is 0. The Hall–Kier alpha value is -2.30. The maximum Gasteiger partial charge on any atom is 0.200 e. The SMILES string of the molecule is O=C(CCC(=O)c1ccco1)c1ncccn1. The third kappa shape index (κ3) is 2.84. The van der Waals surface area contributed by atoms with E-state index in [-0.39, 0.29) is 36.0 Å². The van der Waals surface area contributed by atoms with Crippen molar-refractivity contribution >= 4 is 11.6 Å². The second-order valence-electron chi connectivity index (χ2n) is 3.40. The summed E-state index contributed by atoms with van der Waals surface area (Å²) in [6.45, 7) is 0. The Balaban J connectivity index is 1.91. The molecule has 2 heterocycles. The molecule has 0 bridgehead atoms. The first-order valence-electron chi connectivity index (χ1n) is 5.14. The van der Waals surface area contributed by atoms with Crippen LogP contribution in [0.5, 0.6) is 0 Å². The summed E-state index contributed by atoms with van der Waals surface area (Å²) in [6.07, 6.45) is 4.60. The predicted molar refractivity (Wildman–Crippen MR) is 58.6 cm³/mol. The lowest BCUT2D eigenvalue weighted by molar-refractivity contribution is 0.0898. The average Bonchev–Trinajstić information content (AvgIpc) is 2.90. The van der Waals surface area contributed by atoms with Gasteiger partial charge in [0.2, 0.25) is 0 Å². The summed E-state index contributed by atoms with van der Waals surface area (Å²) in [5.41, 5.74) is 0. The molecule has 5 nitrogen and oxygen atoms in total. The van der Waals surface area contributed by atoms with Gasteiger partial charge in [-0.15, -0.1) is 0 Å². The van der Waals surface area contributed by atoms with Gasteiger partial charge in [0.1, 0.15) is 0 Å². The molecule has 0 aromatic carbocycles. The van der Waals surface area contributed by atoms with Crippen LogP contribution in [0.3, 0.4) is 0 Å². The van der Waals surface area contributed by atoms with Crippen molar-refractivity contribution in [3.63, 3.8) is 0 Å². The molecule has 0 fully saturated rings. The van der Waals surface area contributed by atoms with Crippen LogP contribution in [-0.2, 0) is 0 Å². The van der Waals surface area contributed by atoms with Crippen molar-refractivity contribution in [3.05, 3.63) is 48.4 Å². The standard InChI is InChI=1S/C12H10N2O3/c15-9(11-3-1-8-17-11)4-5-10(16)12-13-6-2-7-14-12/h1-3,6-8H,4-5H2. The van der Waals surface area contributed by atoms with Crippen molar-refractivity contribution in [1.29, 1.82) is 0 Å². The van der Waals surface area contributed by atoms with Crippen LogP contribution in [0.1, 0.15) is 34.0 Å². The average molecular weight is 230 g/mol. The Labute approximate surface area is 97.5 Å². The highest BCUT2D eigenvalue weighted by molar-refractivity contribution is 5.99. The number of Topliss-reactive ketones (excluding diaryl/α,β-unsaturated/α-hetero) is 2. The molecular weight excluding hydrogens is 220 g/mol. The van der Waals surface area contributed by atoms with Crippen LogP contribution in [0, 0.1) is 0 Å². The van der Waals surface area contributed by atoms with E-state index in [0.717, 1.165) is 0 Å². The predicted octanol–water partition coefficient (Wildman–Crippen LogP) is 1.92. The summed E-state index contributed by atoms with van der Waals surface area (Å²) in [5, 5.41) is 0. The minimum absolute atomic E-state index is 0.0869. The van der Waals surface area contributed by atoms with Gasteiger partial charge < -0.3 is 4.42 Å². The number of furan rings is 1. The lowest BCUT2D eigenvalue weighted by Gasteiger charge is -1.97. The van der Waals surface area contributed by atoms with E-state index < -0.39 is 0 Å². The monoisotopic (exact) mass is 230 g/mol. The summed E-state index contributed by atoms with van der Waals surface area (Å²) in [6, 6.07) is 4.84. The van der Waals surface area contributed by atoms with Gasteiger partial charge in [-0.1, -0.05) is 0 Å². The van der Waals surface area contributed by atoms with Crippen LogP contribution in [0.2, 0.25) is 0 Å². The molecule has 0 saturated heterocycles. The van der Waals surface area contributed by atoms with Gasteiger partial charge in [-0.25, -0.2) is 9.97 Å². The fourth-order valence-corrected chi connectivity index (χ4v) is 1.34. The number of hydrogen-bond donors (Lipinski definition) is 0. The topological polar surface area (TPSA) is 73.1 Å². The number of aromatic nitrogens is 2. The largest absolute Gasteiger partial charge is 0.461 e. The summed E-state index contributed by atoms with van der Waals surface area (Å²) < 4.78 is 4.94. The van der Waals surface area contributed by atoms with Crippen molar-refractivity contribution < 1.29 is 14.0 Å². The highest BCUT2D eigenvalue weighted by atomic mass is 16.3. The zero-order valence-corrected chi connectivity index (χ0v) is 9.00. The van der Waals surface area contributed by atoms with Gasteiger partial charge in [0.05, 0.1) is 6.26 Å². The van der Waals surface area contributed by atoms with E-state index >= 15 is 0 Å². The normalized spacial score (nSPS) is 10.1. The molecule has 5 heteroatoms. The second kappa shape index (κ2) is 5.16. The van der Waals surface area contributed by atoms with Crippen molar-refractivity contribution in [2.45, 2.75) is 12.8 Å². The molecule has 0 amide bonds. The molecule has 0 aliphatic rings. The third-order valence-electron chi connectivity index (χ3n) is 2.19. The van der Waals surface area contributed by atoms with E-state index in [2.05, 4.69) is 9.97 Å². The van der Waals surface area contributed by atoms with Gasteiger partial charge in [0.15, 0.2) is 23.2 Å². The molecule has 86 valence electrons. The molecule has 0 unspecified atom stereocenters. The van der Waals surface area contributed by atoms with Crippen LogP contribution in [0.4, 0.5) is 0 Å². The summed E-state index contributed by atoms with van der Waals surface area (Å²) in [5.74, 6) is -0.0312. The van der Waals surface area contributed by atoms with Gasteiger partial charge in [-0.05, 0) is 18.2 Å². The number of carbonyl (C=O) groups excluding carboxylic acids is 2. The van der Waals surface area contributed by atoms with Crippen molar-refractivity contribution in [2.24, 2.45) is 0 Å². The zero-order valence-electron chi connectivity index (χ0n) is 9.00. The van der Waals surface area contributed by atoms with Crippen LogP contribution >= 0.6 is 0 Å². The molecule has 0 radical (unpaired) electrons. The van der Waals surface area contributed by atoms with Gasteiger partial charge >= 0.3 is 0 Å². The highest BCUT2D eigenvalue weighted by Crippen LogP contribution is 2.07. The number of carbonyl (C=O) groups is 2. The second-order valence-corrected chi connectivity index (χ2v) is 3.40. The quantitative estimate of drug-likeness (QED) is 0.733. The van der Waals surface area contributed by atoms with Crippen LogP contribution < -0.4 is 0 Å². The van der Waals surface area contributed by atoms with Crippen molar-refractivity contribution in [2.75, 3.05) is 0 Å². The van der Waals surface area contributed by atoms with E-state index in [4.69, 9.17) is 4.42 Å². The molecule has 17 heavy (non-hydrogen) atoms. The van der Waals surface area contributed by atoms with E-state index in [1.807, 2.05) is 0 Å². The maximum absolute atomic E-state index is 11.6. The molecule has 2 aromatic heterocycles. The summed E-state index contributed by atoms with van der Waals surface area (Å²) in [4.78, 5) is 30.8. The van der Waals surface area contributed by atoms with Gasteiger partial charge in [-0.2, -0.15) is 0 Å². The first-order chi connectivity index (χ1) is 8.27. The Morgan fingerprint density at radius 1 is 1.06 bits per heavy atom. The molecule has 2 aromatic rings. The third-order valence-corrected chi connectivity index (χ3v) is 2.19. The minimum atomic E-state index is -0.245. The summed E-state index contributed by atoms with van der Waals surface area (Å²) >= 11 is 0. The van der Waals surface area contributed by atoms with E-state index in [9.17, 15) is 9.59 Å². The number of ketones is 2. The first kappa shape index (κ1) is 11.2. The van der Waals surface area contributed by atoms with E-state index in [1.165, 1.54) is 18.7 Å². The fraction of sp³-hybridized carbons (Fsp3) is 0.167. The smallest absolute Gasteiger partial charge is 0.200 e. The first-order valence-corrected chi connectivity index (χ1v) is 5.14. The minimum Gasteiger partial charge on any atom is -0.461 e. The van der Waals surface area contributed by atoms with Crippen LogP contribution in [-0.4, -0.2) is 21.5 Å². The fourth-order valence-electron chi connectivity index (χ4n) is 1.34. The maximum atomic E-state index is 11.6. The molecule has 0 atom stereocenters. The van der Waals surface area contributed by atoms with Crippen molar-refractivity contribution in [3.8, 4) is 0 Å². The van der Waals surface area contributed by atoms with Crippen molar-refractivity contribution in [1.82, 2.24) is 9.97 Å². The zero-order chi connectivity index (χ0) is 12.1. The lowest BCUT2D eigenvalue weighted by Crippen LogP contribution is -2.07. The van der Waals surface area contributed by atoms with Gasteiger partial charge in [0.25, 0.3) is 0 Å². The molecule has 0 saturated carbocycles. The molecule has 0 N–H and O–H groups in total. The molecule has 0 aliphatic carbocycles. The lowest BCUT2D eigenvalue weighted by atomic mass is 10.1. The Morgan fingerprint density at radius 3 is 2.41 bits per heavy atom.